The zero-order chi connectivity index (χ0) is 34.9. The maximum absolute atomic E-state index is 6.33. The average Bonchev–Trinajstić information content (AvgIpc) is 3.62. The summed E-state index contributed by atoms with van der Waals surface area (Å²) in [4.78, 5) is 15.7. The summed E-state index contributed by atoms with van der Waals surface area (Å²) in [6.45, 7) is 0. The molecule has 11 rings (SSSR count). The smallest absolute Gasteiger partial charge is 0.164 e. The highest BCUT2D eigenvalue weighted by Crippen LogP contribution is 2.42. The topological polar surface area (TPSA) is 51.8 Å². The molecule has 2 heterocycles. The van der Waals surface area contributed by atoms with Crippen LogP contribution in [0.15, 0.2) is 180 Å². The first-order valence-corrected chi connectivity index (χ1v) is 17.9. The third-order valence-electron chi connectivity index (χ3n) is 10.5. The second-order valence-electron chi connectivity index (χ2n) is 13.5. The van der Waals surface area contributed by atoms with Crippen molar-refractivity contribution in [3.8, 4) is 45.3 Å². The molecule has 9 aromatic carbocycles. The van der Waals surface area contributed by atoms with Crippen LogP contribution in [0.25, 0.3) is 110 Å². The van der Waals surface area contributed by atoms with Crippen molar-refractivity contribution < 1.29 is 4.42 Å². The molecule has 0 N–H and O–H groups in total. The number of fused-ring (bicyclic) bond motifs is 9. The minimum atomic E-state index is 0.618. The third-order valence-corrected chi connectivity index (χ3v) is 10.5. The van der Waals surface area contributed by atoms with Crippen molar-refractivity contribution in [1.82, 2.24) is 15.0 Å². The van der Waals surface area contributed by atoms with Gasteiger partial charge in [0.05, 0.1) is 0 Å². The van der Waals surface area contributed by atoms with Gasteiger partial charge in [-0.15, -0.1) is 0 Å². The molecule has 53 heavy (non-hydrogen) atoms. The van der Waals surface area contributed by atoms with E-state index < -0.39 is 0 Å². The summed E-state index contributed by atoms with van der Waals surface area (Å²) in [7, 11) is 0. The third kappa shape index (κ3) is 4.73. The zero-order valence-electron chi connectivity index (χ0n) is 28.5. The molecule has 0 atom stereocenters. The summed E-state index contributed by atoms with van der Waals surface area (Å²) in [6.07, 6.45) is 0. The van der Waals surface area contributed by atoms with Gasteiger partial charge in [0.2, 0.25) is 0 Å². The van der Waals surface area contributed by atoms with Crippen LogP contribution < -0.4 is 0 Å². The summed E-state index contributed by atoms with van der Waals surface area (Å²) >= 11 is 0. The van der Waals surface area contributed by atoms with Crippen LogP contribution in [0.4, 0.5) is 0 Å². The Bertz CT molecular complexity index is 3220. The Morgan fingerprint density at radius 1 is 0.302 bits per heavy atom. The Hall–Kier alpha value is -7.17. The van der Waals surface area contributed by atoms with Gasteiger partial charge in [-0.1, -0.05) is 146 Å². The number of benzene rings is 9. The molecular weight excluding hydrogens is 647 g/mol. The van der Waals surface area contributed by atoms with Crippen LogP contribution in [0.1, 0.15) is 0 Å². The van der Waals surface area contributed by atoms with Gasteiger partial charge >= 0.3 is 0 Å². The highest BCUT2D eigenvalue weighted by molar-refractivity contribution is 6.23. The molecule has 0 radical (unpaired) electrons. The molecule has 0 aliphatic rings. The quantitative estimate of drug-likeness (QED) is 0.174. The van der Waals surface area contributed by atoms with Crippen LogP contribution >= 0.6 is 0 Å². The lowest BCUT2D eigenvalue weighted by Crippen LogP contribution is -2.01. The number of rotatable bonds is 4. The largest absolute Gasteiger partial charge is 0.456 e. The predicted molar refractivity (Wildman–Crippen MR) is 219 cm³/mol. The molecule has 246 valence electrons. The maximum Gasteiger partial charge on any atom is 0.164 e. The summed E-state index contributed by atoms with van der Waals surface area (Å²) in [5.41, 5.74) is 6.77. The molecule has 2 aromatic heterocycles. The van der Waals surface area contributed by atoms with Gasteiger partial charge in [-0.3, -0.25) is 0 Å². The van der Waals surface area contributed by atoms with E-state index in [0.29, 0.717) is 17.5 Å². The SMILES string of the molecule is c1ccc(-c2nc(-c3cc(-c4cccc5oc6ccccc6c45)c4ccccc4c3)nc(-c3cc4ccccc4c4c3ccc3ccccc34)n2)cc1. The van der Waals surface area contributed by atoms with Gasteiger partial charge in [0.15, 0.2) is 17.5 Å². The lowest BCUT2D eigenvalue weighted by molar-refractivity contribution is 0.669. The van der Waals surface area contributed by atoms with E-state index in [0.717, 1.165) is 71.3 Å². The normalized spacial score (nSPS) is 11.8. The lowest BCUT2D eigenvalue weighted by Gasteiger charge is -2.15. The van der Waals surface area contributed by atoms with Gasteiger partial charge < -0.3 is 4.42 Å². The fourth-order valence-corrected chi connectivity index (χ4v) is 8.06. The first-order valence-electron chi connectivity index (χ1n) is 17.9. The van der Waals surface area contributed by atoms with Crippen molar-refractivity contribution in [2.75, 3.05) is 0 Å². The van der Waals surface area contributed by atoms with Gasteiger partial charge in [-0.2, -0.15) is 0 Å². The number of nitrogens with zero attached hydrogens (tertiary/aromatic N) is 3. The van der Waals surface area contributed by atoms with E-state index in [9.17, 15) is 0 Å². The van der Waals surface area contributed by atoms with Crippen LogP contribution in [0, 0.1) is 0 Å². The Balaban J connectivity index is 1.21. The minimum Gasteiger partial charge on any atom is -0.456 e. The molecule has 0 amide bonds. The Labute approximate surface area is 304 Å². The van der Waals surface area contributed by atoms with E-state index in [-0.39, 0.29) is 0 Å². The number of furan rings is 1. The molecule has 11 aromatic rings. The van der Waals surface area contributed by atoms with E-state index in [1.54, 1.807) is 0 Å². The number of hydrogen-bond acceptors (Lipinski definition) is 4. The molecular formula is C49H29N3O. The first kappa shape index (κ1) is 29.5. The molecule has 0 unspecified atom stereocenters. The second-order valence-corrected chi connectivity index (χ2v) is 13.5. The number of para-hydroxylation sites is 1. The fraction of sp³-hybridized carbons (Fsp3) is 0. The molecule has 0 bridgehead atoms. The molecule has 0 saturated heterocycles. The molecule has 0 fully saturated rings. The van der Waals surface area contributed by atoms with Crippen molar-refractivity contribution in [2.45, 2.75) is 0 Å². The van der Waals surface area contributed by atoms with Crippen LogP contribution in [-0.2, 0) is 0 Å². The van der Waals surface area contributed by atoms with Crippen molar-refractivity contribution in [3.05, 3.63) is 176 Å². The van der Waals surface area contributed by atoms with Crippen molar-refractivity contribution in [1.29, 1.82) is 0 Å². The number of hydrogen-bond donors (Lipinski definition) is 0. The number of aromatic nitrogens is 3. The summed E-state index contributed by atoms with van der Waals surface area (Å²) < 4.78 is 6.33. The van der Waals surface area contributed by atoms with E-state index in [1.807, 2.05) is 36.4 Å². The van der Waals surface area contributed by atoms with Crippen LogP contribution in [0.5, 0.6) is 0 Å². The van der Waals surface area contributed by atoms with Gasteiger partial charge in [-0.05, 0) is 84.5 Å². The predicted octanol–water partition coefficient (Wildman–Crippen LogP) is 13.1. The molecule has 4 nitrogen and oxygen atoms in total. The second kappa shape index (κ2) is 11.7. The highest BCUT2D eigenvalue weighted by atomic mass is 16.3. The average molecular weight is 676 g/mol. The Morgan fingerprint density at radius 3 is 1.72 bits per heavy atom. The fourth-order valence-electron chi connectivity index (χ4n) is 8.06. The molecule has 4 heteroatoms. The molecule has 0 saturated carbocycles. The first-order chi connectivity index (χ1) is 26.3. The summed E-state index contributed by atoms with van der Waals surface area (Å²) in [5, 5.41) is 11.5. The monoisotopic (exact) mass is 675 g/mol. The highest BCUT2D eigenvalue weighted by Gasteiger charge is 2.20. The van der Waals surface area contributed by atoms with Crippen LogP contribution in [0.2, 0.25) is 0 Å². The summed E-state index contributed by atoms with van der Waals surface area (Å²) in [6, 6.07) is 61.6. The molecule has 0 aliphatic carbocycles. The van der Waals surface area contributed by atoms with Crippen molar-refractivity contribution >= 4 is 65.0 Å². The Morgan fingerprint density at radius 2 is 0.906 bits per heavy atom. The standard InChI is InChI=1S/C49H29N3O/c1-2-14-31(15-3-1)47-50-48(52-49(51-47)42-28-33-17-6-9-20-37(33)45-36-19-8-4-13-30(36)25-26-39(42)45)34-27-32-16-5-7-18-35(32)41(29-34)38-22-12-24-44-46(38)40-21-10-11-23-43(40)53-44/h1-29H. The lowest BCUT2D eigenvalue weighted by atomic mass is 9.92. The maximum atomic E-state index is 6.33. The minimum absolute atomic E-state index is 0.618. The van der Waals surface area contributed by atoms with Gasteiger partial charge in [0.1, 0.15) is 11.2 Å². The van der Waals surface area contributed by atoms with Crippen LogP contribution in [-0.4, -0.2) is 15.0 Å². The van der Waals surface area contributed by atoms with Gasteiger partial charge in [-0.25, -0.2) is 15.0 Å². The van der Waals surface area contributed by atoms with E-state index in [1.165, 1.54) is 21.5 Å². The molecule has 0 spiro atoms. The van der Waals surface area contributed by atoms with Crippen molar-refractivity contribution in [2.24, 2.45) is 0 Å². The van der Waals surface area contributed by atoms with E-state index >= 15 is 0 Å². The molecule has 0 aliphatic heterocycles. The van der Waals surface area contributed by atoms with Gasteiger partial charge in [0, 0.05) is 27.5 Å². The van der Waals surface area contributed by atoms with Crippen molar-refractivity contribution in [3.63, 3.8) is 0 Å². The van der Waals surface area contributed by atoms with E-state index in [2.05, 4.69) is 140 Å². The Kier molecular flexibility index (Phi) is 6.52. The summed E-state index contributed by atoms with van der Waals surface area (Å²) in [5.74, 6) is 1.88. The van der Waals surface area contributed by atoms with Crippen LogP contribution in [0.3, 0.4) is 0 Å². The zero-order valence-corrected chi connectivity index (χ0v) is 28.5. The van der Waals surface area contributed by atoms with Gasteiger partial charge in [0.25, 0.3) is 0 Å². The van der Waals surface area contributed by atoms with E-state index in [4.69, 9.17) is 19.4 Å².